The summed E-state index contributed by atoms with van der Waals surface area (Å²) in [6, 6.07) is 2.93. The van der Waals surface area contributed by atoms with Crippen LogP contribution in [0.1, 0.15) is 19.8 Å². The van der Waals surface area contributed by atoms with E-state index in [1.54, 1.807) is 6.07 Å². The maximum Gasteiger partial charge on any atom is 0.141 e. The second kappa shape index (κ2) is 5.54. The lowest BCUT2D eigenvalue weighted by Gasteiger charge is -2.08. The molecule has 0 amide bonds. The molecule has 0 fully saturated rings. The zero-order valence-electron chi connectivity index (χ0n) is 8.20. The number of halogens is 1. The Labute approximate surface area is 83.0 Å². The van der Waals surface area contributed by atoms with Crippen molar-refractivity contribution in [1.82, 2.24) is 4.98 Å². The van der Waals surface area contributed by atoms with Crippen LogP contribution in [-0.4, -0.2) is 22.7 Å². The molecule has 1 aromatic rings. The number of rotatable bonds is 5. The maximum atomic E-state index is 12.5. The number of aromatic nitrogens is 1. The van der Waals surface area contributed by atoms with Gasteiger partial charge in [0.05, 0.1) is 12.3 Å². The van der Waals surface area contributed by atoms with Crippen molar-refractivity contribution in [3.63, 3.8) is 0 Å². The zero-order valence-corrected chi connectivity index (χ0v) is 8.20. The quantitative estimate of drug-likeness (QED) is 0.758. The van der Waals surface area contributed by atoms with Gasteiger partial charge in [0.15, 0.2) is 0 Å². The molecule has 1 heterocycles. The van der Waals surface area contributed by atoms with Crippen LogP contribution in [0, 0.1) is 5.82 Å². The molecule has 4 heteroatoms. The fourth-order valence-corrected chi connectivity index (χ4v) is 1.05. The van der Waals surface area contributed by atoms with Gasteiger partial charge in [0, 0.05) is 6.54 Å². The van der Waals surface area contributed by atoms with Crippen LogP contribution in [0.4, 0.5) is 10.2 Å². The molecule has 0 bridgehead atoms. The first kappa shape index (κ1) is 10.9. The van der Waals surface area contributed by atoms with Gasteiger partial charge in [0.1, 0.15) is 11.6 Å². The first-order valence-corrected chi connectivity index (χ1v) is 4.76. The number of nitrogens with one attached hydrogen (secondary N) is 1. The number of anilines is 1. The van der Waals surface area contributed by atoms with E-state index in [2.05, 4.69) is 10.3 Å². The van der Waals surface area contributed by atoms with Gasteiger partial charge in [-0.3, -0.25) is 0 Å². The van der Waals surface area contributed by atoms with Crippen molar-refractivity contribution in [1.29, 1.82) is 0 Å². The molecule has 1 unspecified atom stereocenters. The molecule has 0 aliphatic heterocycles. The van der Waals surface area contributed by atoms with E-state index >= 15 is 0 Å². The number of hydrogen-bond donors (Lipinski definition) is 2. The lowest BCUT2D eigenvalue weighted by atomic mass is 10.2. The van der Waals surface area contributed by atoms with Crippen LogP contribution >= 0.6 is 0 Å². The zero-order chi connectivity index (χ0) is 10.4. The SMILES string of the molecule is CCC(O)CCNc1ccc(F)cn1. The number of nitrogens with zero attached hydrogens (tertiary/aromatic N) is 1. The average molecular weight is 198 g/mol. The molecule has 2 N–H and O–H groups in total. The molecule has 1 aromatic heterocycles. The van der Waals surface area contributed by atoms with E-state index in [0.717, 1.165) is 6.42 Å². The van der Waals surface area contributed by atoms with Crippen LogP contribution in [0.2, 0.25) is 0 Å². The van der Waals surface area contributed by atoms with E-state index in [1.807, 2.05) is 6.92 Å². The van der Waals surface area contributed by atoms with Gasteiger partial charge in [-0.1, -0.05) is 6.92 Å². The number of aliphatic hydroxyl groups is 1. The van der Waals surface area contributed by atoms with E-state index in [1.165, 1.54) is 12.3 Å². The molecular weight excluding hydrogens is 183 g/mol. The summed E-state index contributed by atoms with van der Waals surface area (Å²) in [5.74, 6) is 0.291. The normalized spacial score (nSPS) is 12.5. The fourth-order valence-electron chi connectivity index (χ4n) is 1.05. The minimum Gasteiger partial charge on any atom is -0.393 e. The standard InChI is InChI=1S/C10H15FN2O/c1-2-9(14)5-6-12-10-4-3-8(11)7-13-10/h3-4,7,9,14H,2,5-6H2,1H3,(H,12,13). The van der Waals surface area contributed by atoms with Gasteiger partial charge in [0.25, 0.3) is 0 Å². The van der Waals surface area contributed by atoms with Crippen molar-refractivity contribution in [2.24, 2.45) is 0 Å². The molecule has 3 nitrogen and oxygen atoms in total. The van der Waals surface area contributed by atoms with Crippen LogP contribution in [0.25, 0.3) is 0 Å². The Morgan fingerprint density at radius 2 is 2.36 bits per heavy atom. The molecule has 78 valence electrons. The Morgan fingerprint density at radius 1 is 1.57 bits per heavy atom. The summed E-state index contributed by atoms with van der Waals surface area (Å²) in [6.07, 6.45) is 2.31. The minimum atomic E-state index is -0.343. The first-order chi connectivity index (χ1) is 6.72. The first-order valence-electron chi connectivity index (χ1n) is 4.76. The second-order valence-electron chi connectivity index (χ2n) is 3.14. The summed E-state index contributed by atoms with van der Waals surface area (Å²) < 4.78 is 12.5. The lowest BCUT2D eigenvalue weighted by Crippen LogP contribution is -2.12. The summed E-state index contributed by atoms with van der Waals surface area (Å²) in [7, 11) is 0. The van der Waals surface area contributed by atoms with Crippen molar-refractivity contribution < 1.29 is 9.50 Å². The molecule has 0 aliphatic carbocycles. The molecule has 0 spiro atoms. The van der Waals surface area contributed by atoms with Gasteiger partial charge in [0.2, 0.25) is 0 Å². The topological polar surface area (TPSA) is 45.1 Å². The van der Waals surface area contributed by atoms with Gasteiger partial charge in [-0.2, -0.15) is 0 Å². The summed E-state index contributed by atoms with van der Waals surface area (Å²) in [4.78, 5) is 3.83. The molecule has 0 radical (unpaired) electrons. The molecular formula is C10H15FN2O. The molecule has 0 saturated heterocycles. The predicted molar refractivity (Wildman–Crippen MR) is 53.6 cm³/mol. The van der Waals surface area contributed by atoms with Gasteiger partial charge in [-0.15, -0.1) is 0 Å². The monoisotopic (exact) mass is 198 g/mol. The highest BCUT2D eigenvalue weighted by Gasteiger charge is 2.00. The van der Waals surface area contributed by atoms with Crippen molar-refractivity contribution in [2.45, 2.75) is 25.9 Å². The molecule has 14 heavy (non-hydrogen) atoms. The summed E-state index contributed by atoms with van der Waals surface area (Å²) >= 11 is 0. The summed E-state index contributed by atoms with van der Waals surface area (Å²) in [6.45, 7) is 2.58. The van der Waals surface area contributed by atoms with E-state index in [4.69, 9.17) is 0 Å². The Kier molecular flexibility index (Phi) is 4.32. The van der Waals surface area contributed by atoms with Gasteiger partial charge >= 0.3 is 0 Å². The highest BCUT2D eigenvalue weighted by atomic mass is 19.1. The number of pyridine rings is 1. The van der Waals surface area contributed by atoms with E-state index in [-0.39, 0.29) is 11.9 Å². The van der Waals surface area contributed by atoms with Gasteiger partial charge in [-0.05, 0) is 25.0 Å². The Hall–Kier alpha value is -1.16. The Bertz CT molecular complexity index is 263. The maximum absolute atomic E-state index is 12.5. The van der Waals surface area contributed by atoms with Gasteiger partial charge < -0.3 is 10.4 Å². The van der Waals surface area contributed by atoms with Crippen LogP contribution in [-0.2, 0) is 0 Å². The van der Waals surface area contributed by atoms with Crippen LogP contribution in [0.5, 0.6) is 0 Å². The Morgan fingerprint density at radius 3 is 2.93 bits per heavy atom. The number of aliphatic hydroxyl groups excluding tert-OH is 1. The second-order valence-corrected chi connectivity index (χ2v) is 3.14. The summed E-state index contributed by atoms with van der Waals surface area (Å²) in [5.41, 5.74) is 0. The number of hydrogen-bond acceptors (Lipinski definition) is 3. The highest BCUT2D eigenvalue weighted by Crippen LogP contribution is 2.04. The molecule has 0 saturated carbocycles. The van der Waals surface area contributed by atoms with Crippen molar-refractivity contribution >= 4 is 5.82 Å². The van der Waals surface area contributed by atoms with Crippen LogP contribution in [0.15, 0.2) is 18.3 Å². The minimum absolute atomic E-state index is 0.275. The smallest absolute Gasteiger partial charge is 0.141 e. The van der Waals surface area contributed by atoms with Crippen molar-refractivity contribution in [2.75, 3.05) is 11.9 Å². The van der Waals surface area contributed by atoms with E-state index in [0.29, 0.717) is 18.8 Å². The third-order valence-corrected chi connectivity index (χ3v) is 1.98. The molecule has 0 aliphatic rings. The van der Waals surface area contributed by atoms with Crippen LogP contribution < -0.4 is 5.32 Å². The third-order valence-electron chi connectivity index (χ3n) is 1.98. The third kappa shape index (κ3) is 3.70. The fraction of sp³-hybridized carbons (Fsp3) is 0.500. The van der Waals surface area contributed by atoms with E-state index in [9.17, 15) is 9.50 Å². The average Bonchev–Trinajstić information content (AvgIpc) is 2.21. The van der Waals surface area contributed by atoms with Crippen molar-refractivity contribution in [3.05, 3.63) is 24.1 Å². The van der Waals surface area contributed by atoms with Crippen LogP contribution in [0.3, 0.4) is 0 Å². The van der Waals surface area contributed by atoms with Gasteiger partial charge in [-0.25, -0.2) is 9.37 Å². The lowest BCUT2D eigenvalue weighted by molar-refractivity contribution is 0.164. The summed E-state index contributed by atoms with van der Waals surface area (Å²) in [5, 5.41) is 12.3. The molecule has 1 atom stereocenters. The van der Waals surface area contributed by atoms with Crippen molar-refractivity contribution in [3.8, 4) is 0 Å². The van der Waals surface area contributed by atoms with E-state index < -0.39 is 0 Å². The predicted octanol–water partition coefficient (Wildman–Crippen LogP) is 1.79. The highest BCUT2D eigenvalue weighted by molar-refractivity contribution is 5.33. The largest absolute Gasteiger partial charge is 0.393 e. The molecule has 1 rings (SSSR count). The molecule has 0 aromatic carbocycles. The Balaban J connectivity index is 2.28.